The second-order valence-corrected chi connectivity index (χ2v) is 3.80. The Hall–Kier alpha value is -0.610. The summed E-state index contributed by atoms with van der Waals surface area (Å²) in [5, 5.41) is 0. The molecule has 2 rings (SSSR count). The minimum atomic E-state index is -0.262. The number of amides is 1. The zero-order chi connectivity index (χ0) is 9.26. The molecule has 4 heteroatoms. The number of rotatable bonds is 1. The number of hydrogen-bond acceptors (Lipinski definition) is 3. The molecular weight excluding hydrogens is 168 g/mol. The molecule has 2 unspecified atom stereocenters. The van der Waals surface area contributed by atoms with Gasteiger partial charge in [-0.2, -0.15) is 0 Å². The van der Waals surface area contributed by atoms with E-state index in [9.17, 15) is 4.79 Å². The smallest absolute Gasteiger partial charge is 0.239 e. The first-order valence-corrected chi connectivity index (χ1v) is 4.93. The average Bonchev–Trinajstić information content (AvgIpc) is 2.49. The number of carbonyl (C=O) groups is 1. The minimum Gasteiger partial charge on any atom is -0.379 e. The fourth-order valence-corrected chi connectivity index (χ4v) is 2.06. The van der Waals surface area contributed by atoms with Crippen molar-refractivity contribution in [3.05, 3.63) is 0 Å². The van der Waals surface area contributed by atoms with Crippen LogP contribution in [0.5, 0.6) is 0 Å². The van der Waals surface area contributed by atoms with Crippen LogP contribution in [0.1, 0.15) is 19.3 Å². The van der Waals surface area contributed by atoms with Crippen molar-refractivity contribution < 1.29 is 9.53 Å². The molecule has 0 aliphatic carbocycles. The lowest BCUT2D eigenvalue weighted by molar-refractivity contribution is -0.133. The molecule has 0 bridgehead atoms. The molecule has 2 aliphatic heterocycles. The fraction of sp³-hybridized carbons (Fsp3) is 0.889. The van der Waals surface area contributed by atoms with Gasteiger partial charge >= 0.3 is 0 Å². The molecule has 2 heterocycles. The fourth-order valence-electron chi connectivity index (χ4n) is 2.06. The lowest BCUT2D eigenvalue weighted by Gasteiger charge is -2.30. The maximum absolute atomic E-state index is 11.5. The Morgan fingerprint density at radius 1 is 1.46 bits per heavy atom. The van der Waals surface area contributed by atoms with Gasteiger partial charge in [0, 0.05) is 13.2 Å². The molecule has 0 aromatic rings. The SMILES string of the molecule is NC1CCN(C2CCCOC2)C1=O. The topological polar surface area (TPSA) is 55.6 Å². The molecule has 0 saturated carbocycles. The standard InChI is InChI=1S/C9H16N2O2/c10-8-3-4-11(9(8)12)7-2-1-5-13-6-7/h7-8H,1-6,10H2. The van der Waals surface area contributed by atoms with Crippen molar-refractivity contribution in [1.82, 2.24) is 4.90 Å². The summed E-state index contributed by atoms with van der Waals surface area (Å²) in [5.74, 6) is 0.107. The first-order chi connectivity index (χ1) is 6.29. The van der Waals surface area contributed by atoms with E-state index in [2.05, 4.69) is 0 Å². The first-order valence-electron chi connectivity index (χ1n) is 4.93. The highest BCUT2D eigenvalue weighted by Gasteiger charge is 2.34. The molecule has 1 amide bonds. The Labute approximate surface area is 78.0 Å². The molecule has 0 radical (unpaired) electrons. The molecule has 4 nitrogen and oxygen atoms in total. The highest BCUT2D eigenvalue weighted by Crippen LogP contribution is 2.19. The minimum absolute atomic E-state index is 0.107. The van der Waals surface area contributed by atoms with E-state index >= 15 is 0 Å². The van der Waals surface area contributed by atoms with Crippen LogP contribution in [-0.2, 0) is 9.53 Å². The maximum atomic E-state index is 11.5. The van der Waals surface area contributed by atoms with E-state index in [0.29, 0.717) is 6.61 Å². The summed E-state index contributed by atoms with van der Waals surface area (Å²) < 4.78 is 5.34. The summed E-state index contributed by atoms with van der Waals surface area (Å²) in [6.45, 7) is 2.34. The highest BCUT2D eigenvalue weighted by atomic mass is 16.5. The van der Waals surface area contributed by atoms with Crippen LogP contribution in [0.4, 0.5) is 0 Å². The van der Waals surface area contributed by atoms with Gasteiger partial charge in [-0.3, -0.25) is 4.79 Å². The lowest BCUT2D eigenvalue weighted by atomic mass is 10.1. The van der Waals surface area contributed by atoms with Crippen molar-refractivity contribution in [2.45, 2.75) is 31.3 Å². The van der Waals surface area contributed by atoms with Gasteiger partial charge in [0.15, 0.2) is 0 Å². The number of ether oxygens (including phenoxy) is 1. The van der Waals surface area contributed by atoms with Gasteiger partial charge in [-0.05, 0) is 19.3 Å². The summed E-state index contributed by atoms with van der Waals surface area (Å²) in [5.41, 5.74) is 5.64. The van der Waals surface area contributed by atoms with Crippen molar-refractivity contribution in [3.8, 4) is 0 Å². The van der Waals surface area contributed by atoms with Gasteiger partial charge in [-0.15, -0.1) is 0 Å². The summed E-state index contributed by atoms with van der Waals surface area (Å²) in [6, 6.07) is 0.0247. The van der Waals surface area contributed by atoms with E-state index in [1.807, 2.05) is 4.90 Å². The van der Waals surface area contributed by atoms with Gasteiger partial charge in [0.05, 0.1) is 18.7 Å². The largest absolute Gasteiger partial charge is 0.379 e. The van der Waals surface area contributed by atoms with Crippen LogP contribution in [0.3, 0.4) is 0 Å². The van der Waals surface area contributed by atoms with Gasteiger partial charge in [0.1, 0.15) is 0 Å². The van der Waals surface area contributed by atoms with Gasteiger partial charge in [0.2, 0.25) is 5.91 Å². The van der Waals surface area contributed by atoms with E-state index in [-0.39, 0.29) is 18.0 Å². The Balaban J connectivity index is 1.96. The normalized spacial score (nSPS) is 35.5. The average molecular weight is 184 g/mol. The van der Waals surface area contributed by atoms with E-state index in [1.54, 1.807) is 0 Å². The molecule has 2 aliphatic rings. The van der Waals surface area contributed by atoms with Gasteiger partial charge in [0.25, 0.3) is 0 Å². The maximum Gasteiger partial charge on any atom is 0.239 e. The third-order valence-electron chi connectivity index (χ3n) is 2.86. The molecule has 0 aromatic carbocycles. The molecule has 0 aromatic heterocycles. The summed E-state index contributed by atoms with van der Waals surface area (Å²) in [6.07, 6.45) is 2.93. The van der Waals surface area contributed by atoms with Crippen LogP contribution < -0.4 is 5.73 Å². The third-order valence-corrected chi connectivity index (χ3v) is 2.86. The van der Waals surface area contributed by atoms with Crippen LogP contribution >= 0.6 is 0 Å². The summed E-state index contributed by atoms with van der Waals surface area (Å²) in [4.78, 5) is 13.4. The van der Waals surface area contributed by atoms with E-state index in [0.717, 1.165) is 32.4 Å². The molecule has 2 saturated heterocycles. The van der Waals surface area contributed by atoms with Crippen molar-refractivity contribution in [2.24, 2.45) is 5.73 Å². The van der Waals surface area contributed by atoms with E-state index in [1.165, 1.54) is 0 Å². The number of nitrogens with two attached hydrogens (primary N) is 1. The molecule has 74 valence electrons. The van der Waals surface area contributed by atoms with Crippen molar-refractivity contribution >= 4 is 5.91 Å². The first kappa shape index (κ1) is 8.97. The van der Waals surface area contributed by atoms with Crippen LogP contribution in [0.15, 0.2) is 0 Å². The molecule has 2 N–H and O–H groups in total. The Bertz CT molecular complexity index is 202. The van der Waals surface area contributed by atoms with Crippen molar-refractivity contribution in [2.75, 3.05) is 19.8 Å². The van der Waals surface area contributed by atoms with Crippen LogP contribution in [0.2, 0.25) is 0 Å². The predicted molar refractivity (Wildman–Crippen MR) is 48.1 cm³/mol. The lowest BCUT2D eigenvalue weighted by Crippen LogP contribution is -2.44. The highest BCUT2D eigenvalue weighted by molar-refractivity contribution is 5.84. The van der Waals surface area contributed by atoms with Crippen LogP contribution in [0, 0.1) is 0 Å². The molecule has 2 fully saturated rings. The third kappa shape index (κ3) is 1.69. The molecule has 13 heavy (non-hydrogen) atoms. The number of nitrogens with zero attached hydrogens (tertiary/aromatic N) is 1. The molecular formula is C9H16N2O2. The Kier molecular flexibility index (Phi) is 2.51. The van der Waals surface area contributed by atoms with E-state index < -0.39 is 0 Å². The quantitative estimate of drug-likeness (QED) is 0.610. The number of hydrogen-bond donors (Lipinski definition) is 1. The number of likely N-dealkylation sites (tertiary alicyclic amines) is 1. The van der Waals surface area contributed by atoms with Crippen molar-refractivity contribution in [3.63, 3.8) is 0 Å². The molecule has 0 spiro atoms. The monoisotopic (exact) mass is 184 g/mol. The Morgan fingerprint density at radius 3 is 2.85 bits per heavy atom. The number of carbonyl (C=O) groups excluding carboxylic acids is 1. The Morgan fingerprint density at radius 2 is 2.31 bits per heavy atom. The van der Waals surface area contributed by atoms with Crippen LogP contribution in [0.25, 0.3) is 0 Å². The summed E-state index contributed by atoms with van der Waals surface area (Å²) in [7, 11) is 0. The van der Waals surface area contributed by atoms with Gasteiger partial charge < -0.3 is 15.4 Å². The zero-order valence-corrected chi connectivity index (χ0v) is 7.74. The predicted octanol–water partition coefficient (Wildman–Crippen LogP) is -0.275. The second-order valence-electron chi connectivity index (χ2n) is 3.80. The van der Waals surface area contributed by atoms with Crippen molar-refractivity contribution in [1.29, 1.82) is 0 Å². The summed E-state index contributed by atoms with van der Waals surface area (Å²) >= 11 is 0. The van der Waals surface area contributed by atoms with Crippen LogP contribution in [-0.4, -0.2) is 42.6 Å². The molecule has 2 atom stereocenters. The second kappa shape index (κ2) is 3.64. The zero-order valence-electron chi connectivity index (χ0n) is 7.74. The van der Waals surface area contributed by atoms with Gasteiger partial charge in [-0.25, -0.2) is 0 Å². The van der Waals surface area contributed by atoms with E-state index in [4.69, 9.17) is 10.5 Å². The van der Waals surface area contributed by atoms with Gasteiger partial charge in [-0.1, -0.05) is 0 Å².